The van der Waals surface area contributed by atoms with E-state index < -0.39 is 124 Å². The Labute approximate surface area is 570 Å². The minimum absolute atomic E-state index is 0.181. The maximum atomic E-state index is 13.4. The summed E-state index contributed by atoms with van der Waals surface area (Å²) < 4.78 is 34.4. The van der Waals surface area contributed by atoms with Crippen molar-refractivity contribution in [3.63, 3.8) is 0 Å². The largest absolute Gasteiger partial charge is 0.394 e. The van der Waals surface area contributed by atoms with Gasteiger partial charge >= 0.3 is 0 Å². The topological polar surface area (TPSA) is 307 Å². The van der Waals surface area contributed by atoms with Gasteiger partial charge in [-0.15, -0.1) is 0 Å². The first-order valence-electron chi connectivity index (χ1n) is 36.6. The summed E-state index contributed by atoms with van der Waals surface area (Å²) in [6.45, 7) is 1.59. The van der Waals surface area contributed by atoms with E-state index in [-0.39, 0.29) is 18.9 Å². The molecule has 12 N–H and O–H groups in total. The molecular weight excluding hydrogens is 1210 g/mol. The van der Waals surface area contributed by atoms with E-state index in [0.717, 1.165) is 89.9 Å². The van der Waals surface area contributed by atoms with E-state index in [0.29, 0.717) is 6.42 Å². The highest BCUT2D eigenvalue weighted by Crippen LogP contribution is 2.33. The van der Waals surface area contributed by atoms with Crippen LogP contribution in [-0.4, -0.2) is 193 Å². The lowest BCUT2D eigenvalue weighted by Gasteiger charge is -2.48. The third-order valence-electron chi connectivity index (χ3n) is 17.6. The number of unbranched alkanes of at least 4 members (excludes halogenated alkanes) is 23. The molecule has 0 spiro atoms. The van der Waals surface area contributed by atoms with Gasteiger partial charge in [0.05, 0.1) is 38.6 Å². The van der Waals surface area contributed by atoms with Crippen LogP contribution in [-0.2, 0) is 33.2 Å². The van der Waals surface area contributed by atoms with E-state index in [1.807, 2.05) is 6.08 Å². The van der Waals surface area contributed by atoms with Crippen molar-refractivity contribution < 1.29 is 89.4 Å². The molecule has 3 heterocycles. The molecule has 0 radical (unpaired) electrons. The van der Waals surface area contributed by atoms with Gasteiger partial charge in [-0.3, -0.25) is 4.79 Å². The van der Waals surface area contributed by atoms with Gasteiger partial charge in [-0.2, -0.15) is 0 Å². The molecule has 0 aliphatic carbocycles. The zero-order valence-electron chi connectivity index (χ0n) is 57.9. The zero-order valence-corrected chi connectivity index (χ0v) is 57.9. The lowest BCUT2D eigenvalue weighted by atomic mass is 9.96. The van der Waals surface area contributed by atoms with Gasteiger partial charge in [0.1, 0.15) is 73.2 Å². The SMILES string of the molecule is CC/C=C\C/C=C\C/C=C\C/C=C\C/C=C\C/C=C\C/C=C\C/C=C\CCCCC(=O)NC(COC1OC(CO)C(OC2OC(CO)C(OC3OC(CO)C(O)C(O)C3O)C(O)C2O)C(O)C1O)C(O)/C=C/CCCCCCCCCCCCCCCCCCCCCCC. The lowest BCUT2D eigenvalue weighted by Crippen LogP contribution is -2.66. The van der Waals surface area contributed by atoms with Crippen molar-refractivity contribution >= 4 is 5.91 Å². The molecule has 3 fully saturated rings. The van der Waals surface area contributed by atoms with Crippen molar-refractivity contribution in [3.8, 4) is 0 Å². The first kappa shape index (κ1) is 85.7. The van der Waals surface area contributed by atoms with E-state index in [2.05, 4.69) is 116 Å². The molecule has 1 amide bonds. The van der Waals surface area contributed by atoms with Gasteiger partial charge < -0.3 is 89.9 Å². The number of rotatable bonds is 55. The smallest absolute Gasteiger partial charge is 0.220 e. The summed E-state index contributed by atoms with van der Waals surface area (Å²) in [5.41, 5.74) is 0. The van der Waals surface area contributed by atoms with E-state index in [9.17, 15) is 61.0 Å². The monoisotopic (exact) mass is 1340 g/mol. The molecule has 0 aromatic rings. The number of aliphatic hydroxyl groups excluding tert-OH is 11. The third kappa shape index (κ3) is 37.5. The van der Waals surface area contributed by atoms with Crippen LogP contribution in [0.4, 0.5) is 0 Å². The number of aliphatic hydroxyl groups is 11. The Kier molecular flexibility index (Phi) is 50.7. The van der Waals surface area contributed by atoms with E-state index >= 15 is 0 Å². The van der Waals surface area contributed by atoms with Crippen LogP contribution in [0.5, 0.6) is 0 Å². The van der Waals surface area contributed by atoms with Crippen molar-refractivity contribution in [1.29, 1.82) is 0 Å². The second-order valence-corrected chi connectivity index (χ2v) is 25.7. The number of amides is 1. The molecule has 17 unspecified atom stereocenters. The minimum Gasteiger partial charge on any atom is -0.394 e. The van der Waals surface area contributed by atoms with Crippen LogP contribution in [0.1, 0.15) is 232 Å². The van der Waals surface area contributed by atoms with Crippen LogP contribution in [0.3, 0.4) is 0 Å². The Morgan fingerprint density at radius 2 is 0.726 bits per heavy atom. The van der Waals surface area contributed by atoms with Crippen LogP contribution >= 0.6 is 0 Å². The number of hydrogen-bond acceptors (Lipinski definition) is 18. The fourth-order valence-electron chi connectivity index (χ4n) is 11.7. The molecular formula is C76H129NO18. The zero-order chi connectivity index (χ0) is 68.9. The summed E-state index contributed by atoms with van der Waals surface area (Å²) in [5.74, 6) is -0.321. The third-order valence-corrected chi connectivity index (χ3v) is 17.6. The molecule has 0 aromatic carbocycles. The number of carbonyl (C=O) groups is 1. The second-order valence-electron chi connectivity index (χ2n) is 25.7. The Hall–Kier alpha value is -3.55. The highest BCUT2D eigenvalue weighted by Gasteiger charge is 2.53. The van der Waals surface area contributed by atoms with Crippen molar-refractivity contribution in [1.82, 2.24) is 5.32 Å². The van der Waals surface area contributed by atoms with Gasteiger partial charge in [-0.25, -0.2) is 0 Å². The number of ether oxygens (including phenoxy) is 6. The quantitative estimate of drug-likeness (QED) is 0.0199. The van der Waals surface area contributed by atoms with Crippen molar-refractivity contribution in [2.24, 2.45) is 0 Å². The molecule has 546 valence electrons. The summed E-state index contributed by atoms with van der Waals surface area (Å²) in [4.78, 5) is 13.4. The van der Waals surface area contributed by atoms with Crippen LogP contribution in [0.25, 0.3) is 0 Å². The second kappa shape index (κ2) is 56.2. The highest BCUT2D eigenvalue weighted by atomic mass is 16.8. The maximum Gasteiger partial charge on any atom is 0.220 e. The molecule has 17 atom stereocenters. The molecule has 3 saturated heterocycles. The van der Waals surface area contributed by atoms with Gasteiger partial charge in [-0.1, -0.05) is 252 Å². The van der Waals surface area contributed by atoms with Crippen LogP contribution in [0.2, 0.25) is 0 Å². The molecule has 95 heavy (non-hydrogen) atoms. The standard InChI is InChI=1S/C76H129NO18/c1-3-5-7-9-11-13-15-17-19-21-23-25-27-28-29-30-32-34-36-38-40-42-44-46-48-50-52-54-64(82)77-59(60(81)53-51-49-47-45-43-41-39-37-35-33-31-26-24-22-20-18-16-14-12-10-8-6-4-2)58-90-74-70(88)67(85)72(62(56-79)92-74)95-76-71(89)68(86)73(63(57-80)93-76)94-75-69(87)66(84)65(83)61(55-78)91-75/h5,7,11,13,17,19,23,25,28-29,32,34,38,40,44,46,51,53,59-63,65-76,78-81,83-89H,3-4,6,8-10,12,14-16,18,20-22,24,26-27,30-31,33,35-37,39,41-43,45,47-50,52,54-58H2,1-2H3,(H,77,82)/b7-5-,13-11-,19-17-,25-23-,29-28-,34-32-,40-38-,46-44-,53-51+. The number of allylic oxidation sites excluding steroid dienone is 17. The predicted molar refractivity (Wildman–Crippen MR) is 374 cm³/mol. The Morgan fingerprint density at radius 3 is 1.14 bits per heavy atom. The summed E-state index contributed by atoms with van der Waals surface area (Å²) in [6, 6.07) is -1.01. The number of hydrogen-bond donors (Lipinski definition) is 12. The van der Waals surface area contributed by atoms with Crippen LogP contribution in [0.15, 0.2) is 109 Å². The fourth-order valence-corrected chi connectivity index (χ4v) is 11.7. The van der Waals surface area contributed by atoms with E-state index in [1.54, 1.807) is 6.08 Å². The Morgan fingerprint density at radius 1 is 0.389 bits per heavy atom. The number of carbonyl (C=O) groups excluding carboxylic acids is 1. The van der Waals surface area contributed by atoms with Gasteiger partial charge in [0.2, 0.25) is 5.91 Å². The molecule has 0 aromatic heterocycles. The molecule has 3 aliphatic rings. The van der Waals surface area contributed by atoms with E-state index in [4.69, 9.17) is 28.4 Å². The van der Waals surface area contributed by atoms with Crippen LogP contribution in [0, 0.1) is 0 Å². The maximum absolute atomic E-state index is 13.4. The molecule has 19 heteroatoms. The summed E-state index contributed by atoms with van der Waals surface area (Å²) in [7, 11) is 0. The average Bonchev–Trinajstić information content (AvgIpc) is 0.787. The molecule has 3 rings (SSSR count). The Bertz CT molecular complexity index is 2140. The molecule has 0 bridgehead atoms. The normalized spacial score (nSPS) is 27.9. The molecule has 19 nitrogen and oxygen atoms in total. The lowest BCUT2D eigenvalue weighted by molar-refractivity contribution is -0.379. The summed E-state index contributed by atoms with van der Waals surface area (Å²) >= 11 is 0. The average molecular weight is 1340 g/mol. The highest BCUT2D eigenvalue weighted by molar-refractivity contribution is 5.76. The Balaban J connectivity index is 1.45. The summed E-state index contributed by atoms with van der Waals surface area (Å²) in [5, 5.41) is 121. The predicted octanol–water partition coefficient (Wildman–Crippen LogP) is 10.6. The summed E-state index contributed by atoms with van der Waals surface area (Å²) in [6.07, 6.45) is 49.1. The fraction of sp³-hybridized carbons (Fsp3) is 0.750. The van der Waals surface area contributed by atoms with Gasteiger partial charge in [0.25, 0.3) is 0 Å². The number of nitrogens with one attached hydrogen (secondary N) is 1. The van der Waals surface area contributed by atoms with Gasteiger partial charge in [0, 0.05) is 6.42 Å². The van der Waals surface area contributed by atoms with Gasteiger partial charge in [-0.05, 0) is 83.5 Å². The first-order valence-corrected chi connectivity index (χ1v) is 36.6. The minimum atomic E-state index is -1.99. The molecule has 0 saturated carbocycles. The van der Waals surface area contributed by atoms with Crippen molar-refractivity contribution in [3.05, 3.63) is 109 Å². The van der Waals surface area contributed by atoms with Gasteiger partial charge in [0.15, 0.2) is 18.9 Å². The van der Waals surface area contributed by atoms with Crippen LogP contribution < -0.4 is 5.32 Å². The van der Waals surface area contributed by atoms with E-state index in [1.165, 1.54) is 116 Å². The van der Waals surface area contributed by atoms with Crippen molar-refractivity contribution in [2.45, 2.75) is 336 Å². The van der Waals surface area contributed by atoms with Crippen molar-refractivity contribution in [2.75, 3.05) is 26.4 Å². The first-order chi connectivity index (χ1) is 46.3. The molecule has 3 aliphatic heterocycles.